The van der Waals surface area contributed by atoms with Crippen LogP contribution in [0.15, 0.2) is 0 Å². The van der Waals surface area contributed by atoms with Crippen molar-refractivity contribution in [2.75, 3.05) is 13.2 Å². The second-order valence-corrected chi connectivity index (χ2v) is 12.9. The van der Waals surface area contributed by atoms with E-state index in [1.807, 2.05) is 0 Å². The lowest BCUT2D eigenvalue weighted by Gasteiger charge is -2.37. The van der Waals surface area contributed by atoms with E-state index < -0.39 is 100 Å². The summed E-state index contributed by atoms with van der Waals surface area (Å²) in [6.07, 6.45) is -3.87. The van der Waals surface area contributed by atoms with Crippen LogP contribution < -0.4 is 0 Å². The molecule has 0 spiro atoms. The summed E-state index contributed by atoms with van der Waals surface area (Å²) in [7, 11) is -5.85. The van der Waals surface area contributed by atoms with Gasteiger partial charge in [0.05, 0.1) is 12.2 Å². The summed E-state index contributed by atoms with van der Waals surface area (Å²) in [4.78, 5) is 50.1. The SMILES string of the molecule is CC(OC(=O)COCC(=O)OC1C2OC(=O)C3C2OC1C3C(=O)OC(C)(C)C1CC2CCC1O2)C(F)(F)S(=O)(=O)O. The highest BCUT2D eigenvalue weighted by molar-refractivity contribution is 7.86. The maximum atomic E-state index is 13.5. The fourth-order valence-corrected chi connectivity index (χ4v) is 6.89. The Morgan fingerprint density at radius 1 is 1.07 bits per heavy atom. The van der Waals surface area contributed by atoms with Gasteiger partial charge in [-0.3, -0.25) is 14.1 Å². The summed E-state index contributed by atoms with van der Waals surface area (Å²) in [6.45, 7) is 2.20. The molecule has 5 aliphatic rings. The van der Waals surface area contributed by atoms with Gasteiger partial charge in [-0.2, -0.15) is 17.2 Å². The third-order valence-corrected chi connectivity index (χ3v) is 9.39. The van der Waals surface area contributed by atoms with E-state index in [9.17, 15) is 36.4 Å². The van der Waals surface area contributed by atoms with Crippen molar-refractivity contribution in [3.05, 3.63) is 0 Å². The largest absolute Gasteiger partial charge is 0.459 e. The highest BCUT2D eigenvalue weighted by Crippen LogP contribution is 2.52. The van der Waals surface area contributed by atoms with E-state index in [4.69, 9.17) is 33.0 Å². The van der Waals surface area contributed by atoms with Crippen LogP contribution >= 0.6 is 0 Å². The van der Waals surface area contributed by atoms with Gasteiger partial charge < -0.3 is 33.2 Å². The van der Waals surface area contributed by atoms with Gasteiger partial charge in [0, 0.05) is 5.92 Å². The summed E-state index contributed by atoms with van der Waals surface area (Å²) in [6, 6.07) is 0. The molecule has 5 aliphatic heterocycles. The fourth-order valence-electron chi connectivity index (χ4n) is 6.42. The summed E-state index contributed by atoms with van der Waals surface area (Å²) in [5.41, 5.74) is -0.891. The molecule has 4 bridgehead atoms. The van der Waals surface area contributed by atoms with Gasteiger partial charge in [0.2, 0.25) is 0 Å². The van der Waals surface area contributed by atoms with Crippen molar-refractivity contribution in [2.45, 2.75) is 93.6 Å². The van der Waals surface area contributed by atoms with Crippen LogP contribution in [-0.2, 0) is 62.5 Å². The number of ether oxygens (including phenoxy) is 7. The molecule has 230 valence electrons. The Labute approximate surface area is 233 Å². The molecule has 0 aromatic heterocycles. The van der Waals surface area contributed by atoms with E-state index in [1.54, 1.807) is 13.8 Å². The summed E-state index contributed by atoms with van der Waals surface area (Å²) < 4.78 is 94.4. The third-order valence-electron chi connectivity index (χ3n) is 8.37. The first-order chi connectivity index (χ1) is 19.0. The summed E-state index contributed by atoms with van der Waals surface area (Å²) in [5, 5.41) is -4.77. The molecule has 0 aromatic carbocycles. The van der Waals surface area contributed by atoms with Crippen molar-refractivity contribution >= 4 is 34.0 Å². The molecule has 0 amide bonds. The average molecular weight is 613 g/mol. The number of alkyl halides is 2. The Morgan fingerprint density at radius 3 is 2.37 bits per heavy atom. The van der Waals surface area contributed by atoms with Crippen LogP contribution in [0.4, 0.5) is 8.78 Å². The summed E-state index contributed by atoms with van der Waals surface area (Å²) >= 11 is 0. The number of fused-ring (bicyclic) bond motifs is 3. The molecule has 1 N–H and O–H groups in total. The van der Waals surface area contributed by atoms with Gasteiger partial charge in [0.25, 0.3) is 0 Å². The Morgan fingerprint density at radius 2 is 1.76 bits per heavy atom. The first-order valence-corrected chi connectivity index (χ1v) is 14.5. The molecular formula is C24H30F2O14S. The predicted octanol–water partition coefficient (Wildman–Crippen LogP) is 0.155. The number of hydrogen-bond acceptors (Lipinski definition) is 13. The molecule has 0 aromatic rings. The zero-order chi connectivity index (χ0) is 30.1. The standard InChI is InChI=1S/C24H30F2O14S/c1-9(24(25,26)41(31,32)33)35-13(27)7-34-8-14(28)37-19-18-16(15-17(38-18)20(19)39-21(15)29)22(30)40-23(2,3)11-6-10-4-5-12(11)36-10/h9-12,15-20H,4-8H2,1-3H3,(H,31,32,33). The maximum Gasteiger partial charge on any atom is 0.405 e. The third kappa shape index (κ3) is 5.30. The normalized spacial score (nSPS) is 36.2. The Bertz CT molecular complexity index is 1220. The van der Waals surface area contributed by atoms with Crippen molar-refractivity contribution in [3.63, 3.8) is 0 Å². The molecule has 14 nitrogen and oxygen atoms in total. The smallest absolute Gasteiger partial charge is 0.405 e. The number of esters is 4. The number of halogens is 2. The summed E-state index contributed by atoms with van der Waals surface area (Å²) in [5.74, 6) is -5.91. The lowest BCUT2D eigenvalue weighted by atomic mass is 9.77. The van der Waals surface area contributed by atoms with E-state index in [-0.39, 0.29) is 18.1 Å². The van der Waals surface area contributed by atoms with E-state index in [0.29, 0.717) is 6.92 Å². The van der Waals surface area contributed by atoms with Crippen LogP contribution in [0.3, 0.4) is 0 Å². The van der Waals surface area contributed by atoms with Crippen LogP contribution in [0.2, 0.25) is 0 Å². The Balaban J connectivity index is 1.15. The molecule has 17 heteroatoms. The van der Waals surface area contributed by atoms with Crippen LogP contribution in [0.1, 0.15) is 40.0 Å². The molecule has 5 heterocycles. The second-order valence-electron chi connectivity index (χ2n) is 11.4. The second kappa shape index (κ2) is 10.4. The van der Waals surface area contributed by atoms with Gasteiger partial charge in [-0.25, -0.2) is 9.59 Å². The molecule has 5 fully saturated rings. The molecule has 5 rings (SSSR count). The predicted molar refractivity (Wildman–Crippen MR) is 124 cm³/mol. The number of carbonyl (C=O) groups excluding carboxylic acids is 4. The van der Waals surface area contributed by atoms with Crippen LogP contribution in [-0.4, -0.2) is 104 Å². The number of hydrogen-bond donors (Lipinski definition) is 1. The van der Waals surface area contributed by atoms with Gasteiger partial charge in [0.1, 0.15) is 42.9 Å². The minimum Gasteiger partial charge on any atom is -0.459 e. The highest BCUT2D eigenvalue weighted by Gasteiger charge is 2.72. The molecule has 0 saturated carbocycles. The minimum absolute atomic E-state index is 0.0201. The minimum atomic E-state index is -5.85. The van der Waals surface area contributed by atoms with Gasteiger partial charge in [-0.15, -0.1) is 0 Å². The monoisotopic (exact) mass is 612 g/mol. The lowest BCUT2D eigenvalue weighted by Crippen LogP contribution is -2.50. The lowest BCUT2D eigenvalue weighted by molar-refractivity contribution is -0.178. The first-order valence-electron chi connectivity index (χ1n) is 13.1. The molecule has 41 heavy (non-hydrogen) atoms. The van der Waals surface area contributed by atoms with Crippen molar-refractivity contribution in [1.29, 1.82) is 0 Å². The maximum absolute atomic E-state index is 13.5. The zero-order valence-electron chi connectivity index (χ0n) is 22.2. The molecule has 0 aliphatic carbocycles. The molecule has 10 atom stereocenters. The average Bonchev–Trinajstić information content (AvgIpc) is 3.66. The highest BCUT2D eigenvalue weighted by atomic mass is 32.2. The molecule has 5 saturated heterocycles. The zero-order valence-corrected chi connectivity index (χ0v) is 23.0. The number of rotatable bonds is 11. The number of carbonyl (C=O) groups is 4. The van der Waals surface area contributed by atoms with Crippen LogP contribution in [0, 0.1) is 17.8 Å². The van der Waals surface area contributed by atoms with E-state index in [0.717, 1.165) is 19.3 Å². The van der Waals surface area contributed by atoms with E-state index >= 15 is 0 Å². The first kappa shape index (κ1) is 30.0. The van der Waals surface area contributed by atoms with Crippen LogP contribution in [0.25, 0.3) is 0 Å². The molecule has 0 radical (unpaired) electrons. The Hall–Kier alpha value is -2.47. The van der Waals surface area contributed by atoms with Crippen LogP contribution in [0.5, 0.6) is 0 Å². The van der Waals surface area contributed by atoms with Gasteiger partial charge in [-0.1, -0.05) is 0 Å². The van der Waals surface area contributed by atoms with E-state index in [2.05, 4.69) is 4.74 Å². The quantitative estimate of drug-likeness (QED) is 0.189. The molecule has 10 unspecified atom stereocenters. The van der Waals surface area contributed by atoms with Crippen molar-refractivity contribution in [2.24, 2.45) is 17.8 Å². The molecular weight excluding hydrogens is 582 g/mol. The van der Waals surface area contributed by atoms with Gasteiger partial charge in [-0.05, 0) is 40.0 Å². The topological polar surface area (TPSA) is 187 Å². The van der Waals surface area contributed by atoms with Gasteiger partial charge in [0.15, 0.2) is 18.3 Å². The van der Waals surface area contributed by atoms with Crippen molar-refractivity contribution in [1.82, 2.24) is 0 Å². The Kier molecular flexibility index (Phi) is 7.58. The van der Waals surface area contributed by atoms with Crippen molar-refractivity contribution < 1.29 is 74.1 Å². The van der Waals surface area contributed by atoms with E-state index in [1.165, 1.54) is 0 Å². The fraction of sp³-hybridized carbons (Fsp3) is 0.833. The van der Waals surface area contributed by atoms with Gasteiger partial charge >= 0.3 is 39.2 Å². The van der Waals surface area contributed by atoms with Crippen molar-refractivity contribution in [3.8, 4) is 0 Å².